The minimum Gasteiger partial charge on any atom is -0.300 e. The summed E-state index contributed by atoms with van der Waals surface area (Å²) in [6.45, 7) is 12.2. The fourth-order valence-corrected chi connectivity index (χ4v) is 8.75. The topological polar surface area (TPSA) is 34.1 Å². The van der Waals surface area contributed by atoms with Gasteiger partial charge in [0.25, 0.3) is 0 Å². The van der Waals surface area contributed by atoms with Crippen LogP contribution in [0.1, 0.15) is 105 Å². The second-order valence-electron chi connectivity index (χ2n) is 12.4. The van der Waals surface area contributed by atoms with Gasteiger partial charge in [-0.3, -0.25) is 9.59 Å². The lowest BCUT2D eigenvalue weighted by Gasteiger charge is -2.59. The highest BCUT2D eigenvalue weighted by atomic mass is 16.1. The molecule has 2 heteroatoms. The number of ketones is 2. The number of carbonyl (C=O) groups is 2. The van der Waals surface area contributed by atoms with Gasteiger partial charge >= 0.3 is 0 Å². The Morgan fingerprint density at radius 3 is 2.34 bits per heavy atom. The highest BCUT2D eigenvalue weighted by Crippen LogP contribution is 2.67. The second kappa shape index (κ2) is 7.79. The molecule has 8 atom stereocenters. The highest BCUT2D eigenvalue weighted by molar-refractivity contribution is 5.86. The summed E-state index contributed by atoms with van der Waals surface area (Å²) in [7, 11) is 0. The molecule has 0 N–H and O–H groups in total. The number of hydrogen-bond acceptors (Lipinski definition) is 2. The van der Waals surface area contributed by atoms with Crippen molar-refractivity contribution in [1.82, 2.24) is 0 Å². The van der Waals surface area contributed by atoms with E-state index in [1.54, 1.807) is 0 Å². The predicted molar refractivity (Wildman–Crippen MR) is 118 cm³/mol. The molecule has 0 aromatic carbocycles. The van der Waals surface area contributed by atoms with Crippen LogP contribution >= 0.6 is 0 Å². The van der Waals surface area contributed by atoms with Gasteiger partial charge in [-0.15, -0.1) is 0 Å². The van der Waals surface area contributed by atoms with Crippen molar-refractivity contribution in [2.24, 2.45) is 52.3 Å². The van der Waals surface area contributed by atoms with Crippen LogP contribution in [0.25, 0.3) is 0 Å². The predicted octanol–water partition coefficient (Wildman–Crippen LogP) is 6.86. The summed E-state index contributed by atoms with van der Waals surface area (Å²) in [5.41, 5.74) is 0.594. The normalized spacial score (nSPS) is 45.7. The molecular formula is C27H44O2. The van der Waals surface area contributed by atoms with Gasteiger partial charge in [-0.2, -0.15) is 0 Å². The first-order valence-corrected chi connectivity index (χ1v) is 12.7. The van der Waals surface area contributed by atoms with Crippen molar-refractivity contribution < 1.29 is 9.59 Å². The molecule has 0 heterocycles. The Morgan fingerprint density at radius 2 is 1.62 bits per heavy atom. The lowest BCUT2D eigenvalue weighted by atomic mass is 9.44. The maximum absolute atomic E-state index is 13.4. The summed E-state index contributed by atoms with van der Waals surface area (Å²) in [5.74, 6) is 5.07. The summed E-state index contributed by atoms with van der Waals surface area (Å²) >= 11 is 0. The van der Waals surface area contributed by atoms with Crippen LogP contribution in [0.15, 0.2) is 0 Å². The number of Topliss-reactive ketones (excluding diaryl/α,β-unsaturated/α-hetero) is 2. The molecular weight excluding hydrogens is 356 g/mol. The van der Waals surface area contributed by atoms with Gasteiger partial charge in [0, 0.05) is 25.2 Å². The molecule has 0 saturated heterocycles. The Kier molecular flexibility index (Phi) is 5.79. The number of hydrogen-bond donors (Lipinski definition) is 0. The van der Waals surface area contributed by atoms with Crippen molar-refractivity contribution in [2.75, 3.05) is 0 Å². The highest BCUT2D eigenvalue weighted by Gasteiger charge is 2.62. The minimum atomic E-state index is 0.231. The van der Waals surface area contributed by atoms with Crippen LogP contribution in [0.5, 0.6) is 0 Å². The molecule has 0 bridgehead atoms. The van der Waals surface area contributed by atoms with Crippen molar-refractivity contribution in [2.45, 2.75) is 105 Å². The summed E-state index contributed by atoms with van der Waals surface area (Å²) in [4.78, 5) is 25.5. The van der Waals surface area contributed by atoms with Crippen molar-refractivity contribution in [3.05, 3.63) is 0 Å². The third-order valence-corrected chi connectivity index (χ3v) is 10.5. The fraction of sp³-hybridized carbons (Fsp3) is 0.926. The second-order valence-corrected chi connectivity index (χ2v) is 12.4. The van der Waals surface area contributed by atoms with Crippen LogP contribution in [0.2, 0.25) is 0 Å². The minimum absolute atomic E-state index is 0.231. The molecule has 4 fully saturated rings. The largest absolute Gasteiger partial charge is 0.300 e. The Morgan fingerprint density at radius 1 is 0.897 bits per heavy atom. The van der Waals surface area contributed by atoms with Gasteiger partial charge in [0.05, 0.1) is 0 Å². The van der Waals surface area contributed by atoms with Gasteiger partial charge in [0.2, 0.25) is 0 Å². The lowest BCUT2D eigenvalue weighted by molar-refractivity contribution is -0.159. The van der Waals surface area contributed by atoms with Gasteiger partial charge in [0.1, 0.15) is 11.6 Å². The number of carbonyl (C=O) groups excluding carboxylic acids is 2. The quantitative estimate of drug-likeness (QED) is 0.505. The average molecular weight is 401 g/mol. The van der Waals surface area contributed by atoms with Gasteiger partial charge in [-0.05, 0) is 78.4 Å². The molecule has 4 saturated carbocycles. The molecule has 0 unspecified atom stereocenters. The first-order valence-electron chi connectivity index (χ1n) is 12.7. The maximum atomic E-state index is 13.4. The zero-order valence-corrected chi connectivity index (χ0v) is 19.6. The Bertz CT molecular complexity index is 651. The molecule has 4 aliphatic rings. The zero-order valence-electron chi connectivity index (χ0n) is 19.6. The first kappa shape index (κ1) is 21.6. The van der Waals surface area contributed by atoms with E-state index in [4.69, 9.17) is 0 Å². The summed E-state index contributed by atoms with van der Waals surface area (Å²) in [5, 5.41) is 0. The summed E-state index contributed by atoms with van der Waals surface area (Å²) in [6.07, 6.45) is 12.3. The van der Waals surface area contributed by atoms with Gasteiger partial charge in [-0.25, -0.2) is 0 Å². The third-order valence-electron chi connectivity index (χ3n) is 10.5. The SMILES string of the molecule is CC(C)CCC[C@@H](C)[C@@H]1CC[C@H]2[C@H]3C(=O)C[C@H]4CC(=O)CC[C@]4(C)[C@@H]3CC[C@@]21C. The number of rotatable bonds is 5. The molecule has 4 aliphatic carbocycles. The third kappa shape index (κ3) is 3.55. The lowest BCUT2D eigenvalue weighted by Crippen LogP contribution is -2.57. The Balaban J connectivity index is 1.52. The molecule has 0 amide bonds. The Labute approximate surface area is 179 Å². The van der Waals surface area contributed by atoms with Crippen LogP contribution in [0, 0.1) is 52.3 Å². The molecule has 0 radical (unpaired) electrons. The van der Waals surface area contributed by atoms with E-state index >= 15 is 0 Å². The molecule has 0 aromatic rings. The standard InChI is InChI=1S/C27H44O2/c1-17(2)7-6-8-18(3)21-9-10-22-25-23(12-14-27(21,22)5)26(4)13-11-20(28)15-19(26)16-24(25)29/h17-19,21-23,25H,6-16H2,1-5H3/t18-,19-,21+,22+,23-,25-,26+,27-/m1/s1. The van der Waals surface area contributed by atoms with Gasteiger partial charge in [-0.1, -0.05) is 53.9 Å². The van der Waals surface area contributed by atoms with Crippen LogP contribution in [-0.4, -0.2) is 11.6 Å². The Hall–Kier alpha value is -0.660. The molecule has 29 heavy (non-hydrogen) atoms. The van der Waals surface area contributed by atoms with Crippen LogP contribution in [-0.2, 0) is 9.59 Å². The summed E-state index contributed by atoms with van der Waals surface area (Å²) < 4.78 is 0. The molecule has 0 spiro atoms. The van der Waals surface area contributed by atoms with E-state index in [1.807, 2.05) is 0 Å². The summed E-state index contributed by atoms with van der Waals surface area (Å²) in [6, 6.07) is 0. The van der Waals surface area contributed by atoms with E-state index in [2.05, 4.69) is 34.6 Å². The molecule has 4 rings (SSSR count). The molecule has 2 nitrogen and oxygen atoms in total. The van der Waals surface area contributed by atoms with Crippen molar-refractivity contribution >= 4 is 11.6 Å². The monoisotopic (exact) mass is 400 g/mol. The van der Waals surface area contributed by atoms with Crippen LogP contribution in [0.4, 0.5) is 0 Å². The van der Waals surface area contributed by atoms with Crippen molar-refractivity contribution in [3.8, 4) is 0 Å². The van der Waals surface area contributed by atoms with E-state index in [-0.39, 0.29) is 11.3 Å². The van der Waals surface area contributed by atoms with Crippen molar-refractivity contribution in [3.63, 3.8) is 0 Å². The fourth-order valence-electron chi connectivity index (χ4n) is 8.75. The van der Waals surface area contributed by atoms with E-state index < -0.39 is 0 Å². The molecule has 0 aromatic heterocycles. The smallest absolute Gasteiger partial charge is 0.136 e. The average Bonchev–Trinajstić information content (AvgIpc) is 3.00. The van der Waals surface area contributed by atoms with E-state index in [9.17, 15) is 9.59 Å². The van der Waals surface area contributed by atoms with Gasteiger partial charge < -0.3 is 0 Å². The maximum Gasteiger partial charge on any atom is 0.136 e. The number of fused-ring (bicyclic) bond motifs is 5. The van der Waals surface area contributed by atoms with E-state index in [0.29, 0.717) is 47.6 Å². The molecule has 164 valence electrons. The molecule has 0 aliphatic heterocycles. The van der Waals surface area contributed by atoms with Gasteiger partial charge in [0.15, 0.2) is 0 Å². The van der Waals surface area contributed by atoms with Crippen LogP contribution in [0.3, 0.4) is 0 Å². The van der Waals surface area contributed by atoms with Crippen LogP contribution < -0.4 is 0 Å². The van der Waals surface area contributed by atoms with E-state index in [1.165, 1.54) is 44.9 Å². The van der Waals surface area contributed by atoms with Crippen molar-refractivity contribution in [1.29, 1.82) is 0 Å². The van der Waals surface area contributed by atoms with E-state index in [0.717, 1.165) is 30.6 Å². The first-order chi connectivity index (χ1) is 13.7. The zero-order chi connectivity index (χ0) is 21.0.